The van der Waals surface area contributed by atoms with E-state index < -0.39 is 0 Å². The fourth-order valence-electron chi connectivity index (χ4n) is 1.62. The van der Waals surface area contributed by atoms with Gasteiger partial charge in [-0.15, -0.1) is 11.3 Å². The molecule has 0 saturated heterocycles. The molecule has 106 valence electrons. The smallest absolute Gasteiger partial charge is 0.220 e. The molecule has 5 nitrogen and oxygen atoms in total. The summed E-state index contributed by atoms with van der Waals surface area (Å²) >= 11 is 1.63. The molecule has 0 aliphatic heterocycles. The number of hydrogen-bond acceptors (Lipinski definition) is 5. The Morgan fingerprint density at radius 2 is 2.00 bits per heavy atom. The van der Waals surface area contributed by atoms with Crippen LogP contribution in [0.3, 0.4) is 0 Å². The minimum absolute atomic E-state index is 0.220. The van der Waals surface area contributed by atoms with Crippen LogP contribution in [0.1, 0.15) is 11.3 Å². The number of anilines is 2. The van der Waals surface area contributed by atoms with Gasteiger partial charge in [-0.3, -0.25) is 4.79 Å². The molecule has 1 aromatic heterocycles. The van der Waals surface area contributed by atoms with E-state index in [4.69, 9.17) is 16.2 Å². The molecule has 0 radical (unpaired) electrons. The third kappa shape index (κ3) is 4.17. The first kappa shape index (κ1) is 14.2. The van der Waals surface area contributed by atoms with Gasteiger partial charge in [0.1, 0.15) is 5.75 Å². The summed E-state index contributed by atoms with van der Waals surface area (Å²) in [6.45, 7) is 0.999. The molecule has 0 aliphatic carbocycles. The van der Waals surface area contributed by atoms with Crippen molar-refractivity contribution in [3.05, 3.63) is 40.6 Å². The van der Waals surface area contributed by atoms with Crippen LogP contribution in [0.4, 0.5) is 11.4 Å². The average molecular weight is 291 g/mol. The number of rotatable bonds is 7. The first-order chi connectivity index (χ1) is 9.65. The zero-order valence-electron chi connectivity index (χ0n) is 11.0. The highest BCUT2D eigenvalue weighted by atomic mass is 32.1. The highest BCUT2D eigenvalue weighted by molar-refractivity contribution is 7.10. The van der Waals surface area contributed by atoms with Gasteiger partial charge in [0.2, 0.25) is 5.91 Å². The Bertz CT molecular complexity index is 566. The third-order valence-electron chi connectivity index (χ3n) is 2.70. The minimum atomic E-state index is -0.364. The summed E-state index contributed by atoms with van der Waals surface area (Å²) < 4.78 is 5.39. The molecule has 0 unspecified atom stereocenters. The monoisotopic (exact) mass is 291 g/mol. The topological polar surface area (TPSA) is 90.4 Å². The van der Waals surface area contributed by atoms with Crippen LogP contribution in [0.5, 0.6) is 5.75 Å². The van der Waals surface area contributed by atoms with Crippen LogP contribution in [0, 0.1) is 0 Å². The third-order valence-corrected chi connectivity index (χ3v) is 3.64. The van der Waals surface area contributed by atoms with Gasteiger partial charge in [-0.25, -0.2) is 0 Å². The summed E-state index contributed by atoms with van der Waals surface area (Å²) in [5.74, 6) is 0.351. The lowest BCUT2D eigenvalue weighted by molar-refractivity contribution is -0.118. The molecule has 20 heavy (non-hydrogen) atoms. The van der Waals surface area contributed by atoms with E-state index in [2.05, 4.69) is 5.32 Å². The Morgan fingerprint density at radius 1 is 1.25 bits per heavy atom. The van der Waals surface area contributed by atoms with Gasteiger partial charge in [0.25, 0.3) is 0 Å². The van der Waals surface area contributed by atoms with Crippen LogP contribution in [0.25, 0.3) is 0 Å². The van der Waals surface area contributed by atoms with Crippen LogP contribution in [-0.2, 0) is 11.3 Å². The van der Waals surface area contributed by atoms with Crippen molar-refractivity contribution in [3.63, 3.8) is 0 Å². The fraction of sp³-hybridized carbons (Fsp3) is 0.214. The molecule has 6 heteroatoms. The van der Waals surface area contributed by atoms with E-state index in [0.29, 0.717) is 18.9 Å². The van der Waals surface area contributed by atoms with Gasteiger partial charge in [0.05, 0.1) is 19.6 Å². The Balaban J connectivity index is 1.82. The van der Waals surface area contributed by atoms with E-state index in [1.54, 1.807) is 11.3 Å². The molecular formula is C14H17N3O2S. The number of nitrogen functional groups attached to an aromatic ring is 1. The van der Waals surface area contributed by atoms with E-state index in [1.165, 1.54) is 0 Å². The van der Waals surface area contributed by atoms with Gasteiger partial charge in [0.15, 0.2) is 0 Å². The zero-order chi connectivity index (χ0) is 14.4. The lowest BCUT2D eigenvalue weighted by Gasteiger charge is -2.08. The maximum absolute atomic E-state index is 10.6. The van der Waals surface area contributed by atoms with E-state index in [-0.39, 0.29) is 12.3 Å². The first-order valence-corrected chi connectivity index (χ1v) is 7.10. The lowest BCUT2D eigenvalue weighted by Crippen LogP contribution is -2.14. The van der Waals surface area contributed by atoms with Crippen molar-refractivity contribution in [2.24, 2.45) is 5.73 Å². The summed E-state index contributed by atoms with van der Waals surface area (Å²) in [6, 6.07) is 9.44. The number of amides is 1. The summed E-state index contributed by atoms with van der Waals surface area (Å²) in [5, 5.41) is 5.26. The number of nitrogens with two attached hydrogens (primary N) is 2. The molecule has 1 amide bonds. The SMILES string of the molecule is NC(=O)CCOc1ccc(NCc2sccc2N)cc1. The quantitative estimate of drug-likeness (QED) is 0.729. The number of ether oxygens (including phenoxy) is 1. The van der Waals surface area contributed by atoms with Crippen LogP contribution in [0.15, 0.2) is 35.7 Å². The molecule has 0 aliphatic rings. The van der Waals surface area contributed by atoms with Gasteiger partial charge < -0.3 is 21.5 Å². The molecule has 2 aromatic rings. The molecule has 1 heterocycles. The highest BCUT2D eigenvalue weighted by Crippen LogP contribution is 2.21. The molecule has 2 rings (SSSR count). The second kappa shape index (κ2) is 6.81. The highest BCUT2D eigenvalue weighted by Gasteiger charge is 2.01. The van der Waals surface area contributed by atoms with Crippen LogP contribution >= 0.6 is 11.3 Å². The lowest BCUT2D eigenvalue weighted by atomic mass is 10.3. The summed E-state index contributed by atoms with van der Waals surface area (Å²) in [4.78, 5) is 11.7. The number of thiophene rings is 1. The summed E-state index contributed by atoms with van der Waals surface area (Å²) in [7, 11) is 0. The van der Waals surface area contributed by atoms with Crippen LogP contribution < -0.4 is 21.5 Å². The fourth-order valence-corrected chi connectivity index (χ4v) is 2.35. The van der Waals surface area contributed by atoms with Crippen LogP contribution in [-0.4, -0.2) is 12.5 Å². The van der Waals surface area contributed by atoms with Crippen molar-refractivity contribution < 1.29 is 9.53 Å². The molecule has 0 atom stereocenters. The Labute approximate surface area is 121 Å². The van der Waals surface area contributed by atoms with Crippen molar-refractivity contribution in [3.8, 4) is 5.75 Å². The molecule has 5 N–H and O–H groups in total. The summed E-state index contributed by atoms with van der Waals surface area (Å²) in [6.07, 6.45) is 0.220. The molecule has 0 bridgehead atoms. The second-order valence-corrected chi connectivity index (χ2v) is 5.24. The Hall–Kier alpha value is -2.21. The Morgan fingerprint density at radius 3 is 2.60 bits per heavy atom. The van der Waals surface area contributed by atoms with Gasteiger partial charge in [-0.1, -0.05) is 0 Å². The molecule has 1 aromatic carbocycles. The summed E-state index contributed by atoms with van der Waals surface area (Å²) in [5.41, 5.74) is 12.7. The zero-order valence-corrected chi connectivity index (χ0v) is 11.8. The molecular weight excluding hydrogens is 274 g/mol. The minimum Gasteiger partial charge on any atom is -0.493 e. The van der Waals surface area contributed by atoms with Crippen molar-refractivity contribution in [1.82, 2.24) is 0 Å². The van der Waals surface area contributed by atoms with Crippen molar-refractivity contribution in [2.75, 3.05) is 17.7 Å². The number of hydrogen-bond donors (Lipinski definition) is 3. The van der Waals surface area contributed by atoms with Gasteiger partial charge in [0, 0.05) is 16.3 Å². The number of carbonyl (C=O) groups excluding carboxylic acids is 1. The van der Waals surface area contributed by atoms with Gasteiger partial charge in [-0.05, 0) is 35.7 Å². The number of carbonyl (C=O) groups is 1. The van der Waals surface area contributed by atoms with Gasteiger partial charge in [-0.2, -0.15) is 0 Å². The van der Waals surface area contributed by atoms with Gasteiger partial charge >= 0.3 is 0 Å². The van der Waals surface area contributed by atoms with Crippen molar-refractivity contribution in [2.45, 2.75) is 13.0 Å². The van der Waals surface area contributed by atoms with Crippen molar-refractivity contribution >= 4 is 28.6 Å². The largest absolute Gasteiger partial charge is 0.493 e. The molecule has 0 fully saturated rings. The molecule has 0 saturated carbocycles. The first-order valence-electron chi connectivity index (χ1n) is 6.22. The second-order valence-electron chi connectivity index (χ2n) is 4.24. The van der Waals surface area contributed by atoms with Crippen LogP contribution in [0.2, 0.25) is 0 Å². The standard InChI is InChI=1S/C14H17N3O2S/c15-12-6-8-20-13(12)9-17-10-1-3-11(4-2-10)19-7-5-14(16)18/h1-4,6,8,17H,5,7,9,15H2,(H2,16,18). The predicted octanol–water partition coefficient (Wildman–Crippen LogP) is 2.20. The van der Waals surface area contributed by atoms with Crippen molar-refractivity contribution in [1.29, 1.82) is 0 Å². The number of primary amides is 1. The van der Waals surface area contributed by atoms with E-state index in [9.17, 15) is 4.79 Å². The maximum atomic E-state index is 10.6. The Kier molecular flexibility index (Phi) is 4.84. The molecule has 0 spiro atoms. The number of benzene rings is 1. The maximum Gasteiger partial charge on any atom is 0.220 e. The predicted molar refractivity (Wildman–Crippen MR) is 81.8 cm³/mol. The average Bonchev–Trinajstić information content (AvgIpc) is 2.83. The van der Waals surface area contributed by atoms with E-state index in [1.807, 2.05) is 35.7 Å². The van der Waals surface area contributed by atoms with E-state index >= 15 is 0 Å². The normalized spacial score (nSPS) is 10.2. The van der Waals surface area contributed by atoms with E-state index in [0.717, 1.165) is 16.3 Å². The number of nitrogens with one attached hydrogen (secondary N) is 1.